The number of hydrogen-bond donors (Lipinski definition) is 0. The van der Waals surface area contributed by atoms with Gasteiger partial charge in [0, 0.05) is 6.08 Å². The molecule has 0 atom stereocenters. The molecule has 0 N–H and O–H groups in total. The van der Waals surface area contributed by atoms with Gasteiger partial charge in [0.1, 0.15) is 0 Å². The molecule has 11 heavy (non-hydrogen) atoms. The quantitative estimate of drug-likeness (QED) is 0.526. The molecule has 0 aliphatic heterocycles. The van der Waals surface area contributed by atoms with Gasteiger partial charge >= 0.3 is 0 Å². The molecule has 1 fully saturated rings. The molecule has 0 amide bonds. The Labute approximate surface area is 68.7 Å². The normalized spacial score (nSPS) is 32.0. The van der Waals surface area contributed by atoms with Crippen LogP contribution in [0.2, 0.25) is 0 Å². The Morgan fingerprint density at radius 3 is 2.45 bits per heavy atom. The van der Waals surface area contributed by atoms with Crippen LogP contribution in [0.15, 0.2) is 12.2 Å². The predicted octanol–water partition coefficient (Wildman–Crippen LogP) is 2.89. The summed E-state index contributed by atoms with van der Waals surface area (Å²) in [6, 6.07) is 2.05. The van der Waals surface area contributed by atoms with Gasteiger partial charge in [-0.1, -0.05) is 25.8 Å². The molecule has 0 heterocycles. The summed E-state index contributed by atoms with van der Waals surface area (Å²) in [5, 5.41) is 8.31. The van der Waals surface area contributed by atoms with Crippen molar-refractivity contribution in [3.05, 3.63) is 12.2 Å². The smallest absolute Gasteiger partial charge is 0.0908 e. The van der Waals surface area contributed by atoms with Crippen LogP contribution in [0, 0.1) is 23.2 Å². The molecule has 0 bridgehead atoms. The standard InChI is InChI=1S/C10H15N/c1-9-4-6-10(7-5-9)3-2-8-11/h2-3,9-10H,4-7H2,1H3/b3-2+. The van der Waals surface area contributed by atoms with Crippen molar-refractivity contribution in [2.24, 2.45) is 11.8 Å². The Bertz CT molecular complexity index is 168. The van der Waals surface area contributed by atoms with E-state index in [2.05, 4.69) is 13.0 Å². The van der Waals surface area contributed by atoms with Crippen molar-refractivity contribution in [3.63, 3.8) is 0 Å². The molecule has 0 unspecified atom stereocenters. The van der Waals surface area contributed by atoms with Crippen LogP contribution in [0.4, 0.5) is 0 Å². The fourth-order valence-electron chi connectivity index (χ4n) is 1.66. The van der Waals surface area contributed by atoms with E-state index >= 15 is 0 Å². The molecule has 0 spiro atoms. The first-order valence-electron chi connectivity index (χ1n) is 4.39. The van der Waals surface area contributed by atoms with E-state index < -0.39 is 0 Å². The van der Waals surface area contributed by atoms with E-state index in [1.165, 1.54) is 25.7 Å². The van der Waals surface area contributed by atoms with Crippen molar-refractivity contribution in [1.82, 2.24) is 0 Å². The van der Waals surface area contributed by atoms with Gasteiger partial charge in [0.2, 0.25) is 0 Å². The maximum Gasteiger partial charge on any atom is 0.0908 e. The molecule has 1 rings (SSSR count). The van der Waals surface area contributed by atoms with E-state index in [-0.39, 0.29) is 0 Å². The number of nitriles is 1. The second-order valence-electron chi connectivity index (χ2n) is 3.51. The van der Waals surface area contributed by atoms with E-state index in [0.29, 0.717) is 5.92 Å². The minimum absolute atomic E-state index is 0.686. The number of allylic oxidation sites excluding steroid dienone is 2. The largest absolute Gasteiger partial charge is 0.193 e. The first-order chi connectivity index (χ1) is 5.33. The zero-order chi connectivity index (χ0) is 8.10. The van der Waals surface area contributed by atoms with Crippen molar-refractivity contribution in [2.75, 3.05) is 0 Å². The topological polar surface area (TPSA) is 23.8 Å². The van der Waals surface area contributed by atoms with Crippen molar-refractivity contribution >= 4 is 0 Å². The summed E-state index contributed by atoms with van der Waals surface area (Å²) in [6.07, 6.45) is 8.91. The zero-order valence-corrected chi connectivity index (χ0v) is 7.09. The van der Waals surface area contributed by atoms with Crippen molar-refractivity contribution in [1.29, 1.82) is 5.26 Å². The van der Waals surface area contributed by atoms with Crippen LogP contribution in [0.3, 0.4) is 0 Å². The number of hydrogen-bond acceptors (Lipinski definition) is 1. The molecule has 0 saturated heterocycles. The highest BCUT2D eigenvalue weighted by Gasteiger charge is 2.15. The minimum Gasteiger partial charge on any atom is -0.193 e. The van der Waals surface area contributed by atoms with Crippen LogP contribution in [0.25, 0.3) is 0 Å². The molecule has 0 aromatic carbocycles. The van der Waals surface area contributed by atoms with E-state index in [9.17, 15) is 0 Å². The molecule has 1 aliphatic carbocycles. The van der Waals surface area contributed by atoms with E-state index in [0.717, 1.165) is 5.92 Å². The van der Waals surface area contributed by atoms with E-state index in [1.807, 2.05) is 6.07 Å². The van der Waals surface area contributed by atoms with Crippen LogP contribution < -0.4 is 0 Å². The van der Waals surface area contributed by atoms with Crippen molar-refractivity contribution in [3.8, 4) is 6.07 Å². The molecule has 1 aliphatic rings. The third kappa shape index (κ3) is 2.76. The fraction of sp³-hybridized carbons (Fsp3) is 0.700. The van der Waals surface area contributed by atoms with Gasteiger partial charge in [-0.2, -0.15) is 5.26 Å². The van der Waals surface area contributed by atoms with E-state index in [4.69, 9.17) is 5.26 Å². The summed E-state index contributed by atoms with van der Waals surface area (Å²) >= 11 is 0. The highest BCUT2D eigenvalue weighted by atomic mass is 14.2. The SMILES string of the molecule is CC1CCC(/C=C/C#N)CC1. The average Bonchev–Trinajstić information content (AvgIpc) is 2.04. The van der Waals surface area contributed by atoms with Gasteiger partial charge in [-0.3, -0.25) is 0 Å². The molecule has 1 heteroatoms. The van der Waals surface area contributed by atoms with Gasteiger partial charge in [-0.05, 0) is 24.7 Å². The molecule has 1 nitrogen and oxygen atoms in total. The van der Waals surface area contributed by atoms with Crippen molar-refractivity contribution in [2.45, 2.75) is 32.6 Å². The highest BCUT2D eigenvalue weighted by molar-refractivity contribution is 5.04. The van der Waals surface area contributed by atoms with Gasteiger partial charge in [-0.25, -0.2) is 0 Å². The molecular weight excluding hydrogens is 134 g/mol. The molecule has 1 saturated carbocycles. The first kappa shape index (κ1) is 8.33. The summed E-state index contributed by atoms with van der Waals surface area (Å²) < 4.78 is 0. The zero-order valence-electron chi connectivity index (χ0n) is 7.09. The van der Waals surface area contributed by atoms with E-state index in [1.54, 1.807) is 6.08 Å². The second kappa shape index (κ2) is 4.18. The Kier molecular flexibility index (Phi) is 3.16. The summed E-state index contributed by atoms with van der Waals surface area (Å²) in [5.41, 5.74) is 0. The molecular formula is C10H15N. The minimum atomic E-state index is 0.686. The Morgan fingerprint density at radius 2 is 1.91 bits per heavy atom. The first-order valence-corrected chi connectivity index (χ1v) is 4.39. The maximum absolute atomic E-state index is 8.31. The number of nitrogens with zero attached hydrogens (tertiary/aromatic N) is 1. The van der Waals surface area contributed by atoms with Gasteiger partial charge in [0.15, 0.2) is 0 Å². The molecule has 0 radical (unpaired) electrons. The summed E-state index contributed by atoms with van der Waals surface area (Å²) in [7, 11) is 0. The van der Waals surface area contributed by atoms with Crippen LogP contribution in [-0.2, 0) is 0 Å². The van der Waals surface area contributed by atoms with Crippen LogP contribution in [0.1, 0.15) is 32.6 Å². The third-order valence-corrected chi connectivity index (χ3v) is 2.50. The van der Waals surface area contributed by atoms with Gasteiger partial charge in [0.05, 0.1) is 6.07 Å². The number of rotatable bonds is 1. The lowest BCUT2D eigenvalue weighted by Crippen LogP contribution is -2.09. The van der Waals surface area contributed by atoms with Crippen molar-refractivity contribution < 1.29 is 0 Å². The monoisotopic (exact) mass is 149 g/mol. The lowest BCUT2D eigenvalue weighted by Gasteiger charge is -2.23. The average molecular weight is 149 g/mol. The summed E-state index contributed by atoms with van der Waals surface area (Å²) in [5.74, 6) is 1.59. The fourth-order valence-corrected chi connectivity index (χ4v) is 1.66. The lowest BCUT2D eigenvalue weighted by atomic mass is 9.83. The lowest BCUT2D eigenvalue weighted by molar-refractivity contribution is 0.330. The molecule has 0 aromatic rings. The van der Waals surface area contributed by atoms with Gasteiger partial charge in [0.25, 0.3) is 0 Å². The third-order valence-electron chi connectivity index (χ3n) is 2.50. The summed E-state index contributed by atoms with van der Waals surface area (Å²) in [6.45, 7) is 2.31. The molecule has 0 aromatic heterocycles. The van der Waals surface area contributed by atoms with Crippen LogP contribution in [0.5, 0.6) is 0 Å². The van der Waals surface area contributed by atoms with Gasteiger partial charge < -0.3 is 0 Å². The van der Waals surface area contributed by atoms with Crippen LogP contribution in [-0.4, -0.2) is 0 Å². The second-order valence-corrected chi connectivity index (χ2v) is 3.51. The Morgan fingerprint density at radius 1 is 1.27 bits per heavy atom. The Balaban J connectivity index is 2.29. The summed E-state index contributed by atoms with van der Waals surface area (Å²) in [4.78, 5) is 0. The van der Waals surface area contributed by atoms with Gasteiger partial charge in [-0.15, -0.1) is 0 Å². The maximum atomic E-state index is 8.31. The highest BCUT2D eigenvalue weighted by Crippen LogP contribution is 2.28. The predicted molar refractivity (Wildman–Crippen MR) is 45.9 cm³/mol. The Hall–Kier alpha value is -0.770. The molecule has 60 valence electrons. The van der Waals surface area contributed by atoms with Crippen LogP contribution >= 0.6 is 0 Å².